The zero-order valence-electron chi connectivity index (χ0n) is 15.5. The molecule has 0 bridgehead atoms. The van der Waals surface area contributed by atoms with E-state index in [4.69, 9.17) is 14.0 Å². The van der Waals surface area contributed by atoms with Crippen molar-refractivity contribution in [1.29, 1.82) is 0 Å². The third kappa shape index (κ3) is 4.73. The quantitative estimate of drug-likeness (QED) is 0.627. The van der Waals surface area contributed by atoms with Crippen LogP contribution in [-0.4, -0.2) is 35.7 Å². The van der Waals surface area contributed by atoms with Crippen LogP contribution in [0.1, 0.15) is 21.8 Å². The number of aromatic nitrogens is 2. The van der Waals surface area contributed by atoms with E-state index in [-0.39, 0.29) is 24.9 Å². The van der Waals surface area contributed by atoms with Crippen LogP contribution in [0.25, 0.3) is 11.4 Å². The van der Waals surface area contributed by atoms with Crippen molar-refractivity contribution in [2.75, 3.05) is 13.7 Å². The van der Waals surface area contributed by atoms with E-state index < -0.39 is 5.97 Å². The fourth-order valence-electron chi connectivity index (χ4n) is 2.44. The fraction of sp³-hybridized carbons (Fsp3) is 0.200. The van der Waals surface area contributed by atoms with Gasteiger partial charge >= 0.3 is 5.97 Å². The minimum atomic E-state index is -0.613. The Kier molecular flexibility index (Phi) is 6.01. The van der Waals surface area contributed by atoms with Crippen molar-refractivity contribution in [3.8, 4) is 17.1 Å². The lowest BCUT2D eigenvalue weighted by atomic mass is 10.1. The minimum Gasteiger partial charge on any atom is -0.497 e. The molecule has 3 rings (SSSR count). The highest BCUT2D eigenvalue weighted by atomic mass is 16.6. The average molecular weight is 381 g/mol. The molecule has 0 unspecified atom stereocenters. The number of hydrogen-bond donors (Lipinski definition) is 1. The van der Waals surface area contributed by atoms with Gasteiger partial charge in [-0.2, -0.15) is 4.98 Å². The first-order valence-corrected chi connectivity index (χ1v) is 8.53. The number of aryl methyl sites for hydroxylation is 1. The summed E-state index contributed by atoms with van der Waals surface area (Å²) in [6.45, 7) is 1.50. The molecule has 1 heterocycles. The van der Waals surface area contributed by atoms with Gasteiger partial charge in [-0.25, -0.2) is 0 Å². The Morgan fingerprint density at radius 3 is 2.57 bits per heavy atom. The van der Waals surface area contributed by atoms with Crippen molar-refractivity contribution >= 4 is 11.9 Å². The first kappa shape index (κ1) is 19.1. The van der Waals surface area contributed by atoms with E-state index in [1.54, 1.807) is 31.4 Å². The summed E-state index contributed by atoms with van der Waals surface area (Å²) in [5, 5.41) is 6.39. The van der Waals surface area contributed by atoms with Crippen LogP contribution in [0.3, 0.4) is 0 Å². The molecule has 8 heteroatoms. The molecule has 28 heavy (non-hydrogen) atoms. The number of nitrogens with zero attached hydrogens (tertiary/aromatic N) is 2. The molecule has 0 saturated carbocycles. The molecule has 144 valence electrons. The Morgan fingerprint density at radius 1 is 1.11 bits per heavy atom. The summed E-state index contributed by atoms with van der Waals surface area (Å²) in [7, 11) is 1.54. The highest BCUT2D eigenvalue weighted by molar-refractivity contribution is 5.96. The Hall–Kier alpha value is -3.68. The van der Waals surface area contributed by atoms with Crippen LogP contribution >= 0.6 is 0 Å². The molecule has 1 amide bonds. The Balaban J connectivity index is 1.48. The summed E-state index contributed by atoms with van der Waals surface area (Å²) in [5.74, 6) is 0.238. The predicted octanol–water partition coefficient (Wildman–Crippen LogP) is 2.53. The highest BCUT2D eigenvalue weighted by Crippen LogP contribution is 2.19. The van der Waals surface area contributed by atoms with Gasteiger partial charge < -0.3 is 19.3 Å². The smallest absolute Gasteiger partial charge is 0.325 e. The van der Waals surface area contributed by atoms with Gasteiger partial charge in [0.1, 0.15) is 12.3 Å². The van der Waals surface area contributed by atoms with Crippen molar-refractivity contribution in [2.45, 2.75) is 13.5 Å². The topological polar surface area (TPSA) is 104 Å². The second kappa shape index (κ2) is 8.81. The number of benzene rings is 2. The molecule has 0 fully saturated rings. The van der Waals surface area contributed by atoms with Crippen LogP contribution in [0.4, 0.5) is 0 Å². The summed E-state index contributed by atoms with van der Waals surface area (Å²) in [5.41, 5.74) is 2.26. The monoisotopic (exact) mass is 381 g/mol. The molecule has 2 aromatic carbocycles. The Morgan fingerprint density at radius 2 is 1.86 bits per heavy atom. The second-order valence-corrected chi connectivity index (χ2v) is 5.90. The number of amides is 1. The third-order valence-corrected chi connectivity index (χ3v) is 3.96. The second-order valence-electron chi connectivity index (χ2n) is 5.90. The van der Waals surface area contributed by atoms with E-state index in [1.807, 2.05) is 31.2 Å². The lowest BCUT2D eigenvalue weighted by Gasteiger charge is -2.06. The van der Waals surface area contributed by atoms with E-state index in [2.05, 4.69) is 15.5 Å². The molecule has 0 aliphatic rings. The molecule has 0 aliphatic heterocycles. The number of esters is 1. The summed E-state index contributed by atoms with van der Waals surface area (Å²) in [4.78, 5) is 28.1. The SMILES string of the molecule is COc1ccc(C(=O)NCC(=O)OCc2nc(-c3ccccc3C)no2)cc1. The molecule has 3 aromatic rings. The first-order valence-electron chi connectivity index (χ1n) is 8.53. The number of carbonyl (C=O) groups is 2. The zero-order valence-corrected chi connectivity index (χ0v) is 15.5. The first-order chi connectivity index (χ1) is 13.6. The number of methoxy groups -OCH3 is 1. The maximum atomic E-state index is 12.0. The van der Waals surface area contributed by atoms with Crippen molar-refractivity contribution in [2.24, 2.45) is 0 Å². The van der Waals surface area contributed by atoms with Gasteiger partial charge in [0.2, 0.25) is 5.82 Å². The van der Waals surface area contributed by atoms with E-state index >= 15 is 0 Å². The van der Waals surface area contributed by atoms with Crippen molar-refractivity contribution < 1.29 is 23.6 Å². The number of nitrogens with one attached hydrogen (secondary N) is 1. The van der Waals surface area contributed by atoms with E-state index in [0.717, 1.165) is 11.1 Å². The number of hydrogen-bond acceptors (Lipinski definition) is 7. The van der Waals surface area contributed by atoms with Gasteiger partial charge in [-0.15, -0.1) is 0 Å². The van der Waals surface area contributed by atoms with Crippen LogP contribution in [0.15, 0.2) is 53.1 Å². The van der Waals surface area contributed by atoms with E-state index in [0.29, 0.717) is 17.1 Å². The lowest BCUT2D eigenvalue weighted by Crippen LogP contribution is -2.30. The average Bonchev–Trinajstić information content (AvgIpc) is 3.19. The fourth-order valence-corrected chi connectivity index (χ4v) is 2.44. The summed E-state index contributed by atoms with van der Waals surface area (Å²) in [6, 6.07) is 14.1. The maximum Gasteiger partial charge on any atom is 0.325 e. The van der Waals surface area contributed by atoms with Gasteiger partial charge in [0.05, 0.1) is 7.11 Å². The standard InChI is InChI=1S/C20H19N3O5/c1-13-5-3-4-6-16(13)19-22-17(28-23-19)12-27-18(24)11-21-20(25)14-7-9-15(26-2)10-8-14/h3-10H,11-12H2,1-2H3,(H,21,25). The van der Waals surface area contributed by atoms with Crippen LogP contribution in [0.5, 0.6) is 5.75 Å². The maximum absolute atomic E-state index is 12.0. The van der Waals surface area contributed by atoms with Gasteiger partial charge in [0, 0.05) is 11.1 Å². The van der Waals surface area contributed by atoms with Gasteiger partial charge in [-0.1, -0.05) is 29.4 Å². The molecule has 0 atom stereocenters. The van der Waals surface area contributed by atoms with Crippen LogP contribution in [-0.2, 0) is 16.1 Å². The third-order valence-electron chi connectivity index (χ3n) is 3.96. The van der Waals surface area contributed by atoms with Crippen molar-refractivity contribution in [3.63, 3.8) is 0 Å². The normalized spacial score (nSPS) is 10.4. The largest absolute Gasteiger partial charge is 0.497 e. The number of ether oxygens (including phenoxy) is 2. The summed E-state index contributed by atoms with van der Waals surface area (Å²) in [6.07, 6.45) is 0. The van der Waals surface area contributed by atoms with Gasteiger partial charge in [-0.05, 0) is 36.8 Å². The zero-order chi connectivity index (χ0) is 19.9. The van der Waals surface area contributed by atoms with Crippen molar-refractivity contribution in [1.82, 2.24) is 15.5 Å². The molecular weight excluding hydrogens is 362 g/mol. The van der Waals surface area contributed by atoms with Crippen molar-refractivity contribution in [3.05, 3.63) is 65.5 Å². The van der Waals surface area contributed by atoms with E-state index in [9.17, 15) is 9.59 Å². The molecule has 1 N–H and O–H groups in total. The highest BCUT2D eigenvalue weighted by Gasteiger charge is 2.13. The van der Waals surface area contributed by atoms with Crippen LogP contribution < -0.4 is 10.1 Å². The molecular formula is C20H19N3O5. The van der Waals surface area contributed by atoms with Gasteiger partial charge in [0.25, 0.3) is 11.8 Å². The number of carbonyl (C=O) groups excluding carboxylic acids is 2. The number of rotatable bonds is 7. The summed E-state index contributed by atoms with van der Waals surface area (Å²) >= 11 is 0. The molecule has 1 aromatic heterocycles. The minimum absolute atomic E-state index is 0.171. The Bertz CT molecular complexity index is 966. The van der Waals surface area contributed by atoms with Gasteiger partial charge in [-0.3, -0.25) is 9.59 Å². The molecule has 0 radical (unpaired) electrons. The molecule has 8 nitrogen and oxygen atoms in total. The lowest BCUT2D eigenvalue weighted by molar-refractivity contribution is -0.144. The predicted molar refractivity (Wildman–Crippen MR) is 99.6 cm³/mol. The summed E-state index contributed by atoms with van der Waals surface area (Å²) < 4.78 is 15.2. The van der Waals surface area contributed by atoms with Gasteiger partial charge in [0.15, 0.2) is 6.61 Å². The molecule has 0 saturated heterocycles. The Labute approximate surface area is 161 Å². The molecule has 0 aliphatic carbocycles. The molecule has 0 spiro atoms. The van der Waals surface area contributed by atoms with Crippen LogP contribution in [0, 0.1) is 6.92 Å². The van der Waals surface area contributed by atoms with Crippen LogP contribution in [0.2, 0.25) is 0 Å². The van der Waals surface area contributed by atoms with E-state index in [1.165, 1.54) is 0 Å².